The van der Waals surface area contributed by atoms with E-state index < -0.39 is 16.9 Å². The van der Waals surface area contributed by atoms with Gasteiger partial charge in [0.25, 0.3) is 5.69 Å². The highest BCUT2D eigenvalue weighted by molar-refractivity contribution is 6.40. The number of urea groups is 1. The van der Waals surface area contributed by atoms with Crippen LogP contribution in [0, 0.1) is 15.5 Å². The van der Waals surface area contributed by atoms with Gasteiger partial charge >= 0.3 is 6.03 Å². The Morgan fingerprint density at radius 2 is 1.89 bits per heavy atom. The summed E-state index contributed by atoms with van der Waals surface area (Å²) in [5, 5.41) is 22.0. The van der Waals surface area contributed by atoms with Crippen molar-refractivity contribution in [3.8, 4) is 0 Å². The highest BCUT2D eigenvalue weighted by atomic mass is 35.5. The number of guanidine groups is 1. The SMILES string of the molecule is N=C(NC(N)=O)Nc1c(Cl)cc([N+](=O)[O-])cc1Cl. The van der Waals surface area contributed by atoms with Crippen LogP contribution in [0.2, 0.25) is 10.0 Å². The Kier molecular flexibility index (Phi) is 4.29. The van der Waals surface area contributed by atoms with E-state index in [0.717, 1.165) is 12.1 Å². The molecule has 0 aliphatic rings. The summed E-state index contributed by atoms with van der Waals surface area (Å²) >= 11 is 11.5. The molecule has 0 saturated carbocycles. The minimum absolute atomic E-state index is 0.0580. The first-order valence-electron chi connectivity index (χ1n) is 4.36. The molecule has 8 nitrogen and oxygen atoms in total. The van der Waals surface area contributed by atoms with Crippen LogP contribution in [-0.2, 0) is 0 Å². The number of non-ortho nitro benzene ring substituents is 1. The average molecular weight is 292 g/mol. The molecule has 0 bridgehead atoms. The van der Waals surface area contributed by atoms with E-state index in [9.17, 15) is 14.9 Å². The van der Waals surface area contributed by atoms with Crippen molar-refractivity contribution in [3.63, 3.8) is 0 Å². The fourth-order valence-corrected chi connectivity index (χ4v) is 1.63. The minimum Gasteiger partial charge on any atom is -0.351 e. The number of halogens is 2. The standard InChI is InChI=1S/C8H7Cl2N5O3/c9-4-1-3(15(17)18)2-5(10)6(4)13-7(11)14-8(12)16/h1-2H,(H5,11,12,13,14,16). The van der Waals surface area contributed by atoms with E-state index in [1.54, 1.807) is 0 Å². The Balaban J connectivity index is 3.00. The molecular formula is C8H7Cl2N5O3. The first kappa shape index (κ1) is 14.0. The van der Waals surface area contributed by atoms with E-state index in [0.29, 0.717) is 0 Å². The van der Waals surface area contributed by atoms with Crippen molar-refractivity contribution in [1.29, 1.82) is 5.41 Å². The van der Waals surface area contributed by atoms with Crippen LogP contribution in [0.1, 0.15) is 0 Å². The lowest BCUT2D eigenvalue weighted by Gasteiger charge is -2.10. The Morgan fingerprint density at radius 1 is 1.39 bits per heavy atom. The molecule has 0 heterocycles. The van der Waals surface area contributed by atoms with E-state index in [2.05, 4.69) is 5.32 Å². The van der Waals surface area contributed by atoms with Gasteiger partial charge in [-0.15, -0.1) is 0 Å². The summed E-state index contributed by atoms with van der Waals surface area (Å²) in [6.45, 7) is 0. The Hall–Kier alpha value is -2.06. The number of nitrogens with zero attached hydrogens (tertiary/aromatic N) is 1. The van der Waals surface area contributed by atoms with Gasteiger partial charge in [0.05, 0.1) is 20.7 Å². The molecule has 2 amide bonds. The summed E-state index contributed by atoms with van der Waals surface area (Å²) in [6.07, 6.45) is 0. The maximum atomic E-state index is 10.5. The molecule has 0 atom stereocenters. The smallest absolute Gasteiger partial charge is 0.318 e. The molecule has 18 heavy (non-hydrogen) atoms. The number of carbonyl (C=O) groups excluding carboxylic acids is 1. The number of hydrogen-bond acceptors (Lipinski definition) is 4. The van der Waals surface area contributed by atoms with Crippen molar-refractivity contribution in [3.05, 3.63) is 32.3 Å². The van der Waals surface area contributed by atoms with Crippen LogP contribution in [0.4, 0.5) is 16.2 Å². The fourth-order valence-electron chi connectivity index (χ4n) is 1.06. The highest BCUT2D eigenvalue weighted by Crippen LogP contribution is 2.34. The van der Waals surface area contributed by atoms with Crippen molar-refractivity contribution >= 4 is 46.6 Å². The normalized spacial score (nSPS) is 9.67. The first-order valence-corrected chi connectivity index (χ1v) is 5.12. The Bertz CT molecular complexity index is 510. The van der Waals surface area contributed by atoms with Crippen molar-refractivity contribution in [2.45, 2.75) is 0 Å². The fraction of sp³-hybridized carbons (Fsp3) is 0. The number of amides is 2. The van der Waals surface area contributed by atoms with Gasteiger partial charge in [-0.25, -0.2) is 4.79 Å². The summed E-state index contributed by atoms with van der Waals surface area (Å²) in [5.74, 6) is -0.458. The summed E-state index contributed by atoms with van der Waals surface area (Å²) in [6, 6.07) is 1.18. The van der Waals surface area contributed by atoms with E-state index in [1.807, 2.05) is 5.32 Å². The summed E-state index contributed by atoms with van der Waals surface area (Å²) in [5.41, 5.74) is 4.57. The number of hydrogen-bond donors (Lipinski definition) is 4. The second kappa shape index (κ2) is 5.52. The van der Waals surface area contributed by atoms with Gasteiger partial charge < -0.3 is 11.1 Å². The molecule has 0 aliphatic heterocycles. The van der Waals surface area contributed by atoms with Crippen molar-refractivity contribution < 1.29 is 9.72 Å². The number of nitrogens with one attached hydrogen (secondary N) is 3. The molecule has 1 aromatic carbocycles. The summed E-state index contributed by atoms with van der Waals surface area (Å²) < 4.78 is 0. The molecule has 1 rings (SSSR count). The lowest BCUT2D eigenvalue weighted by molar-refractivity contribution is -0.384. The quantitative estimate of drug-likeness (QED) is 0.286. The molecule has 5 N–H and O–H groups in total. The molecule has 96 valence electrons. The molecule has 1 aromatic rings. The number of nitro benzene ring substituents is 1. The number of carbonyl (C=O) groups is 1. The Morgan fingerprint density at radius 3 is 2.28 bits per heavy atom. The monoisotopic (exact) mass is 291 g/mol. The Labute approximate surface area is 111 Å². The lowest BCUT2D eigenvalue weighted by atomic mass is 10.3. The van der Waals surface area contributed by atoms with Gasteiger partial charge in [0.15, 0.2) is 0 Å². The lowest BCUT2D eigenvalue weighted by Crippen LogP contribution is -2.38. The zero-order valence-electron chi connectivity index (χ0n) is 8.66. The molecule has 10 heteroatoms. The third-order valence-electron chi connectivity index (χ3n) is 1.74. The zero-order chi connectivity index (χ0) is 13.9. The van der Waals surface area contributed by atoms with E-state index >= 15 is 0 Å². The maximum absolute atomic E-state index is 10.5. The molecule has 0 aliphatic carbocycles. The van der Waals surface area contributed by atoms with Crippen LogP contribution < -0.4 is 16.4 Å². The van der Waals surface area contributed by atoms with Gasteiger partial charge in [-0.2, -0.15) is 0 Å². The second-order valence-electron chi connectivity index (χ2n) is 3.03. The van der Waals surface area contributed by atoms with Gasteiger partial charge in [0.2, 0.25) is 5.96 Å². The molecule has 0 spiro atoms. The second-order valence-corrected chi connectivity index (χ2v) is 3.85. The molecule has 0 aromatic heterocycles. The number of primary amides is 1. The van der Waals surface area contributed by atoms with Crippen LogP contribution in [0.5, 0.6) is 0 Å². The van der Waals surface area contributed by atoms with Gasteiger partial charge in [-0.05, 0) is 0 Å². The average Bonchev–Trinajstić information content (AvgIpc) is 2.21. The predicted molar refractivity (Wildman–Crippen MR) is 67.2 cm³/mol. The zero-order valence-corrected chi connectivity index (χ0v) is 10.2. The van der Waals surface area contributed by atoms with Crippen LogP contribution in [0.3, 0.4) is 0 Å². The molecule has 0 saturated heterocycles. The molecule has 0 radical (unpaired) electrons. The molecule has 0 unspecified atom stereocenters. The predicted octanol–water partition coefficient (Wildman–Crippen LogP) is 1.92. The van der Waals surface area contributed by atoms with Crippen LogP contribution in [0.15, 0.2) is 12.1 Å². The van der Waals surface area contributed by atoms with Gasteiger partial charge in [-0.3, -0.25) is 20.8 Å². The number of benzene rings is 1. The van der Waals surface area contributed by atoms with Crippen molar-refractivity contribution in [2.75, 3.05) is 5.32 Å². The largest absolute Gasteiger partial charge is 0.351 e. The number of anilines is 1. The van der Waals surface area contributed by atoms with Crippen LogP contribution in [0.25, 0.3) is 0 Å². The molecular weight excluding hydrogens is 285 g/mol. The number of rotatable bonds is 2. The number of nitrogens with two attached hydrogens (primary N) is 1. The van der Waals surface area contributed by atoms with E-state index in [1.165, 1.54) is 0 Å². The number of nitro groups is 1. The minimum atomic E-state index is -0.943. The van der Waals surface area contributed by atoms with Gasteiger partial charge in [0.1, 0.15) is 0 Å². The van der Waals surface area contributed by atoms with Crippen molar-refractivity contribution in [1.82, 2.24) is 5.32 Å². The van der Waals surface area contributed by atoms with E-state index in [4.69, 9.17) is 34.3 Å². The molecule has 0 fully saturated rings. The third kappa shape index (κ3) is 3.47. The van der Waals surface area contributed by atoms with Gasteiger partial charge in [-0.1, -0.05) is 23.2 Å². The van der Waals surface area contributed by atoms with E-state index in [-0.39, 0.29) is 21.4 Å². The topological polar surface area (TPSA) is 134 Å². The van der Waals surface area contributed by atoms with Crippen LogP contribution in [-0.4, -0.2) is 16.9 Å². The third-order valence-corrected chi connectivity index (χ3v) is 2.33. The maximum Gasteiger partial charge on any atom is 0.318 e. The summed E-state index contributed by atoms with van der Waals surface area (Å²) in [7, 11) is 0. The van der Waals surface area contributed by atoms with Gasteiger partial charge in [0, 0.05) is 12.1 Å². The summed E-state index contributed by atoms with van der Waals surface area (Å²) in [4.78, 5) is 20.4. The van der Waals surface area contributed by atoms with Crippen molar-refractivity contribution in [2.24, 2.45) is 5.73 Å². The first-order chi connectivity index (χ1) is 8.31. The highest BCUT2D eigenvalue weighted by Gasteiger charge is 2.15. The van der Waals surface area contributed by atoms with Crippen LogP contribution >= 0.6 is 23.2 Å².